The third-order valence-electron chi connectivity index (χ3n) is 6.77. The molecular formula is C24H46O3. The van der Waals surface area contributed by atoms with Gasteiger partial charge >= 0.3 is 0 Å². The molecular weight excluding hydrogens is 336 g/mol. The van der Waals surface area contributed by atoms with Crippen LogP contribution in [0.5, 0.6) is 0 Å². The van der Waals surface area contributed by atoms with Crippen LogP contribution < -0.4 is 0 Å². The molecule has 0 saturated heterocycles. The van der Waals surface area contributed by atoms with E-state index in [9.17, 15) is 0 Å². The summed E-state index contributed by atoms with van der Waals surface area (Å²) in [5.41, 5.74) is 0.0575. The molecule has 0 aromatic rings. The van der Waals surface area contributed by atoms with E-state index in [2.05, 4.69) is 13.8 Å². The molecule has 0 aliphatic heterocycles. The van der Waals surface area contributed by atoms with E-state index in [1.165, 1.54) is 89.9 Å². The Morgan fingerprint density at radius 2 is 0.852 bits per heavy atom. The van der Waals surface area contributed by atoms with Gasteiger partial charge in [-0.2, -0.15) is 0 Å². The highest BCUT2D eigenvalue weighted by Gasteiger charge is 2.41. The SMILES string of the molecule is CCOCCC1(OC2(CCOCC)CCCCCCC2)CCCCCCC1. The average Bonchev–Trinajstić information content (AvgIpc) is 2.62. The summed E-state index contributed by atoms with van der Waals surface area (Å²) in [5.74, 6) is 0. The van der Waals surface area contributed by atoms with Gasteiger partial charge in [0.05, 0.1) is 11.2 Å². The van der Waals surface area contributed by atoms with Gasteiger partial charge in [-0.1, -0.05) is 64.2 Å². The van der Waals surface area contributed by atoms with Crippen molar-refractivity contribution in [3.63, 3.8) is 0 Å². The average molecular weight is 383 g/mol. The van der Waals surface area contributed by atoms with Crippen LogP contribution in [0.4, 0.5) is 0 Å². The number of hydrogen-bond acceptors (Lipinski definition) is 3. The molecule has 0 spiro atoms. The molecule has 27 heavy (non-hydrogen) atoms. The molecule has 0 aromatic carbocycles. The van der Waals surface area contributed by atoms with E-state index in [1.54, 1.807) is 0 Å². The zero-order chi connectivity index (χ0) is 19.3. The molecule has 0 unspecified atom stereocenters. The van der Waals surface area contributed by atoms with Crippen LogP contribution in [-0.4, -0.2) is 37.6 Å². The van der Waals surface area contributed by atoms with Gasteiger partial charge in [-0.25, -0.2) is 0 Å². The molecule has 2 aliphatic carbocycles. The molecule has 0 amide bonds. The van der Waals surface area contributed by atoms with Crippen molar-refractivity contribution in [1.29, 1.82) is 0 Å². The lowest BCUT2D eigenvalue weighted by atomic mass is 9.80. The normalized spacial score (nSPS) is 23.8. The second-order valence-electron chi connectivity index (χ2n) is 8.90. The topological polar surface area (TPSA) is 27.7 Å². The molecule has 3 nitrogen and oxygen atoms in total. The van der Waals surface area contributed by atoms with Crippen LogP contribution >= 0.6 is 0 Å². The van der Waals surface area contributed by atoms with Crippen molar-refractivity contribution in [2.45, 2.75) is 128 Å². The summed E-state index contributed by atoms with van der Waals surface area (Å²) in [6, 6.07) is 0. The van der Waals surface area contributed by atoms with E-state index in [1.807, 2.05) is 0 Å². The summed E-state index contributed by atoms with van der Waals surface area (Å²) < 4.78 is 18.9. The van der Waals surface area contributed by atoms with Crippen molar-refractivity contribution in [2.24, 2.45) is 0 Å². The molecule has 0 radical (unpaired) electrons. The maximum absolute atomic E-state index is 7.31. The van der Waals surface area contributed by atoms with Crippen LogP contribution in [-0.2, 0) is 14.2 Å². The third kappa shape index (κ3) is 8.41. The Bertz CT molecular complexity index is 319. The molecule has 0 bridgehead atoms. The van der Waals surface area contributed by atoms with Gasteiger partial charge < -0.3 is 14.2 Å². The molecule has 0 heterocycles. The lowest BCUT2D eigenvalue weighted by molar-refractivity contribution is -0.191. The number of hydrogen-bond donors (Lipinski definition) is 0. The van der Waals surface area contributed by atoms with Gasteiger partial charge in [0.15, 0.2) is 0 Å². The number of rotatable bonds is 10. The third-order valence-corrected chi connectivity index (χ3v) is 6.77. The van der Waals surface area contributed by atoms with Gasteiger partial charge in [0, 0.05) is 26.4 Å². The summed E-state index contributed by atoms with van der Waals surface area (Å²) >= 11 is 0. The van der Waals surface area contributed by atoms with Crippen molar-refractivity contribution in [3.05, 3.63) is 0 Å². The second-order valence-corrected chi connectivity index (χ2v) is 8.90. The fraction of sp³-hybridized carbons (Fsp3) is 1.00. The summed E-state index contributed by atoms with van der Waals surface area (Å²) in [6.45, 7) is 7.52. The summed E-state index contributed by atoms with van der Waals surface area (Å²) in [6.07, 6.45) is 20.5. The summed E-state index contributed by atoms with van der Waals surface area (Å²) in [5, 5.41) is 0. The van der Waals surface area contributed by atoms with Gasteiger partial charge in [-0.05, 0) is 52.4 Å². The lowest BCUT2D eigenvalue weighted by Crippen LogP contribution is -2.47. The predicted molar refractivity (Wildman–Crippen MR) is 113 cm³/mol. The highest BCUT2D eigenvalue weighted by molar-refractivity contribution is 4.91. The monoisotopic (exact) mass is 382 g/mol. The molecule has 160 valence electrons. The van der Waals surface area contributed by atoms with Crippen molar-refractivity contribution in [1.82, 2.24) is 0 Å². The first-order valence-corrected chi connectivity index (χ1v) is 12.1. The van der Waals surface area contributed by atoms with E-state index in [0.29, 0.717) is 0 Å². The molecule has 0 atom stereocenters. The minimum atomic E-state index is 0.0288. The Morgan fingerprint density at radius 3 is 1.19 bits per heavy atom. The van der Waals surface area contributed by atoms with Crippen molar-refractivity contribution >= 4 is 0 Å². The zero-order valence-corrected chi connectivity index (χ0v) is 18.4. The largest absolute Gasteiger partial charge is 0.382 e. The Kier molecular flexibility index (Phi) is 11.3. The highest BCUT2D eigenvalue weighted by atomic mass is 16.5. The van der Waals surface area contributed by atoms with Crippen molar-refractivity contribution < 1.29 is 14.2 Å². The Balaban J connectivity index is 2.14. The highest BCUT2D eigenvalue weighted by Crippen LogP contribution is 2.42. The maximum atomic E-state index is 7.31. The first kappa shape index (κ1) is 23.2. The minimum Gasteiger partial charge on any atom is -0.382 e. The van der Waals surface area contributed by atoms with Gasteiger partial charge in [0.1, 0.15) is 0 Å². The Hall–Kier alpha value is -0.120. The van der Waals surface area contributed by atoms with E-state index < -0.39 is 0 Å². The van der Waals surface area contributed by atoms with Crippen LogP contribution in [0, 0.1) is 0 Å². The first-order chi connectivity index (χ1) is 13.2. The Labute approximate surface area is 168 Å². The van der Waals surface area contributed by atoms with Crippen molar-refractivity contribution in [2.75, 3.05) is 26.4 Å². The van der Waals surface area contributed by atoms with Gasteiger partial charge in [0.25, 0.3) is 0 Å². The smallest absolute Gasteiger partial charge is 0.0712 e. The minimum absolute atomic E-state index is 0.0288. The zero-order valence-electron chi connectivity index (χ0n) is 18.4. The van der Waals surface area contributed by atoms with Crippen molar-refractivity contribution in [3.8, 4) is 0 Å². The fourth-order valence-electron chi connectivity index (χ4n) is 5.17. The lowest BCUT2D eigenvalue weighted by Gasteiger charge is -2.46. The maximum Gasteiger partial charge on any atom is 0.0712 e. The summed E-state index contributed by atoms with van der Waals surface area (Å²) in [4.78, 5) is 0. The standard InChI is InChI=1S/C24H46O3/c1-3-25-21-19-23(15-11-7-5-8-12-16-23)27-24(20-22-26-4-2)17-13-9-6-10-14-18-24/h3-22H2,1-2H3. The molecule has 2 aliphatic rings. The quantitative estimate of drug-likeness (QED) is 0.388. The molecule has 0 aromatic heterocycles. The molecule has 2 fully saturated rings. The second kappa shape index (κ2) is 13.2. The van der Waals surface area contributed by atoms with E-state index in [0.717, 1.165) is 39.3 Å². The summed E-state index contributed by atoms with van der Waals surface area (Å²) in [7, 11) is 0. The molecule has 3 heteroatoms. The predicted octanol–water partition coefficient (Wildman–Crippen LogP) is 6.82. The molecule has 2 rings (SSSR count). The van der Waals surface area contributed by atoms with Gasteiger partial charge in [-0.15, -0.1) is 0 Å². The van der Waals surface area contributed by atoms with Crippen LogP contribution in [0.2, 0.25) is 0 Å². The molecule has 2 saturated carbocycles. The fourth-order valence-corrected chi connectivity index (χ4v) is 5.17. The van der Waals surface area contributed by atoms with Gasteiger partial charge in [0.2, 0.25) is 0 Å². The molecule has 0 N–H and O–H groups in total. The van der Waals surface area contributed by atoms with E-state index in [-0.39, 0.29) is 11.2 Å². The van der Waals surface area contributed by atoms with E-state index >= 15 is 0 Å². The Morgan fingerprint density at radius 1 is 0.519 bits per heavy atom. The first-order valence-electron chi connectivity index (χ1n) is 12.1. The van der Waals surface area contributed by atoms with Crippen LogP contribution in [0.15, 0.2) is 0 Å². The van der Waals surface area contributed by atoms with E-state index in [4.69, 9.17) is 14.2 Å². The van der Waals surface area contributed by atoms with Crippen LogP contribution in [0.3, 0.4) is 0 Å². The van der Waals surface area contributed by atoms with Crippen LogP contribution in [0.25, 0.3) is 0 Å². The van der Waals surface area contributed by atoms with Gasteiger partial charge in [-0.3, -0.25) is 0 Å². The van der Waals surface area contributed by atoms with Crippen LogP contribution in [0.1, 0.15) is 117 Å². The number of ether oxygens (including phenoxy) is 3.